The summed E-state index contributed by atoms with van der Waals surface area (Å²) in [5.41, 5.74) is 0.563. The molecule has 1 amide bonds. The molecule has 2 heterocycles. The SMILES string of the molecule is Cc1nc(N2CCNC(=O)C2)c2ccc(F)cc2n1. The summed E-state index contributed by atoms with van der Waals surface area (Å²) in [7, 11) is 0. The zero-order valence-corrected chi connectivity index (χ0v) is 10.5. The third-order valence-electron chi connectivity index (χ3n) is 3.09. The van der Waals surface area contributed by atoms with Gasteiger partial charge in [0.25, 0.3) is 0 Å². The lowest BCUT2D eigenvalue weighted by molar-refractivity contribution is -0.120. The number of aryl methyl sites for hydroxylation is 1. The lowest BCUT2D eigenvalue weighted by Crippen LogP contribution is -2.48. The molecule has 1 saturated heterocycles. The Morgan fingerprint density at radius 3 is 3.00 bits per heavy atom. The number of rotatable bonds is 1. The fraction of sp³-hybridized carbons (Fsp3) is 0.308. The third-order valence-corrected chi connectivity index (χ3v) is 3.09. The Balaban J connectivity index is 2.14. The minimum atomic E-state index is -0.326. The number of aromatic nitrogens is 2. The van der Waals surface area contributed by atoms with Crippen LogP contribution in [0.2, 0.25) is 0 Å². The summed E-state index contributed by atoms with van der Waals surface area (Å²) in [5, 5.41) is 3.53. The summed E-state index contributed by atoms with van der Waals surface area (Å²) >= 11 is 0. The van der Waals surface area contributed by atoms with Crippen LogP contribution in [0.5, 0.6) is 0 Å². The molecule has 0 unspecified atom stereocenters. The second kappa shape index (κ2) is 4.46. The number of carbonyl (C=O) groups is 1. The molecule has 0 aliphatic carbocycles. The molecule has 3 rings (SSSR count). The van der Waals surface area contributed by atoms with E-state index in [1.165, 1.54) is 12.1 Å². The molecule has 6 heteroatoms. The number of hydrogen-bond acceptors (Lipinski definition) is 4. The second-order valence-corrected chi connectivity index (χ2v) is 4.53. The van der Waals surface area contributed by atoms with Gasteiger partial charge in [-0.25, -0.2) is 14.4 Å². The van der Waals surface area contributed by atoms with Crippen LogP contribution >= 0.6 is 0 Å². The van der Waals surface area contributed by atoms with E-state index >= 15 is 0 Å². The summed E-state index contributed by atoms with van der Waals surface area (Å²) in [6, 6.07) is 4.43. The van der Waals surface area contributed by atoms with E-state index in [4.69, 9.17) is 0 Å². The molecule has 19 heavy (non-hydrogen) atoms. The van der Waals surface area contributed by atoms with Crippen LogP contribution in [0, 0.1) is 12.7 Å². The van der Waals surface area contributed by atoms with E-state index in [0.717, 1.165) is 5.39 Å². The van der Waals surface area contributed by atoms with Gasteiger partial charge in [0.05, 0.1) is 12.1 Å². The molecule has 5 nitrogen and oxygen atoms in total. The highest BCUT2D eigenvalue weighted by molar-refractivity contribution is 5.92. The lowest BCUT2D eigenvalue weighted by atomic mass is 10.2. The Morgan fingerprint density at radius 1 is 1.37 bits per heavy atom. The van der Waals surface area contributed by atoms with E-state index in [0.29, 0.717) is 30.2 Å². The fourth-order valence-electron chi connectivity index (χ4n) is 2.26. The molecule has 0 radical (unpaired) electrons. The summed E-state index contributed by atoms with van der Waals surface area (Å²) in [4.78, 5) is 22.0. The number of piperazine rings is 1. The van der Waals surface area contributed by atoms with Gasteiger partial charge >= 0.3 is 0 Å². The summed E-state index contributed by atoms with van der Waals surface area (Å²) < 4.78 is 13.3. The number of benzene rings is 1. The molecule has 1 aliphatic rings. The van der Waals surface area contributed by atoms with E-state index in [-0.39, 0.29) is 18.3 Å². The zero-order valence-electron chi connectivity index (χ0n) is 10.5. The largest absolute Gasteiger partial charge is 0.353 e. The third kappa shape index (κ3) is 2.21. The molecule has 0 spiro atoms. The highest BCUT2D eigenvalue weighted by Gasteiger charge is 2.20. The first-order valence-electron chi connectivity index (χ1n) is 6.09. The maximum Gasteiger partial charge on any atom is 0.239 e. The lowest BCUT2D eigenvalue weighted by Gasteiger charge is -2.28. The van der Waals surface area contributed by atoms with Gasteiger partial charge in [-0.15, -0.1) is 0 Å². The summed E-state index contributed by atoms with van der Waals surface area (Å²) in [5.74, 6) is 0.905. The topological polar surface area (TPSA) is 58.1 Å². The van der Waals surface area contributed by atoms with E-state index < -0.39 is 0 Å². The number of anilines is 1. The minimum absolute atomic E-state index is 0.0298. The number of carbonyl (C=O) groups excluding carboxylic acids is 1. The molecule has 0 bridgehead atoms. The Morgan fingerprint density at radius 2 is 2.21 bits per heavy atom. The van der Waals surface area contributed by atoms with Gasteiger partial charge in [-0.3, -0.25) is 4.79 Å². The van der Waals surface area contributed by atoms with E-state index in [1.807, 2.05) is 4.90 Å². The number of fused-ring (bicyclic) bond motifs is 1. The molecule has 0 atom stereocenters. The number of halogens is 1. The summed E-state index contributed by atoms with van der Waals surface area (Å²) in [6.45, 7) is 3.31. The van der Waals surface area contributed by atoms with Gasteiger partial charge in [0.2, 0.25) is 5.91 Å². The molecule has 0 saturated carbocycles. The Labute approximate surface area is 109 Å². The smallest absolute Gasteiger partial charge is 0.239 e. The first-order valence-corrected chi connectivity index (χ1v) is 6.09. The van der Waals surface area contributed by atoms with E-state index in [2.05, 4.69) is 15.3 Å². The average Bonchev–Trinajstić information content (AvgIpc) is 2.37. The first kappa shape index (κ1) is 11.8. The molecule has 2 aromatic rings. The van der Waals surface area contributed by atoms with Crippen LogP contribution in [-0.2, 0) is 4.79 Å². The van der Waals surface area contributed by atoms with Gasteiger partial charge in [-0.1, -0.05) is 0 Å². The van der Waals surface area contributed by atoms with Crippen molar-refractivity contribution in [3.05, 3.63) is 29.8 Å². The van der Waals surface area contributed by atoms with Gasteiger partial charge in [-0.05, 0) is 19.1 Å². The standard InChI is InChI=1S/C13H13FN4O/c1-8-16-11-6-9(14)2-3-10(11)13(17-8)18-5-4-15-12(19)7-18/h2-3,6H,4-5,7H2,1H3,(H,15,19). The molecule has 1 aliphatic heterocycles. The highest BCUT2D eigenvalue weighted by atomic mass is 19.1. The van der Waals surface area contributed by atoms with E-state index in [9.17, 15) is 9.18 Å². The van der Waals surface area contributed by atoms with Crippen molar-refractivity contribution in [3.8, 4) is 0 Å². The predicted octanol–water partition coefficient (Wildman–Crippen LogP) is 1.01. The van der Waals surface area contributed by atoms with Crippen LogP contribution in [0.25, 0.3) is 10.9 Å². The van der Waals surface area contributed by atoms with Crippen molar-refractivity contribution >= 4 is 22.6 Å². The fourth-order valence-corrected chi connectivity index (χ4v) is 2.26. The van der Waals surface area contributed by atoms with Crippen molar-refractivity contribution in [3.63, 3.8) is 0 Å². The van der Waals surface area contributed by atoms with Gasteiger partial charge < -0.3 is 10.2 Å². The maximum atomic E-state index is 13.3. The Kier molecular flexibility index (Phi) is 2.77. The second-order valence-electron chi connectivity index (χ2n) is 4.53. The normalized spacial score (nSPS) is 15.7. The predicted molar refractivity (Wildman–Crippen MR) is 69.5 cm³/mol. The zero-order chi connectivity index (χ0) is 13.4. The van der Waals surface area contributed by atoms with E-state index in [1.54, 1.807) is 13.0 Å². The van der Waals surface area contributed by atoms with Gasteiger partial charge in [0.1, 0.15) is 17.5 Å². The van der Waals surface area contributed by atoms with Crippen molar-refractivity contribution in [1.82, 2.24) is 15.3 Å². The Hall–Kier alpha value is -2.24. The Bertz CT molecular complexity index is 653. The van der Waals surface area contributed by atoms with Crippen molar-refractivity contribution in [2.75, 3.05) is 24.5 Å². The van der Waals surface area contributed by atoms with Crippen molar-refractivity contribution < 1.29 is 9.18 Å². The number of nitrogens with zero attached hydrogens (tertiary/aromatic N) is 3. The molecular formula is C13H13FN4O. The van der Waals surface area contributed by atoms with Crippen LogP contribution in [-0.4, -0.2) is 35.5 Å². The van der Waals surface area contributed by atoms with Gasteiger partial charge in [0, 0.05) is 24.5 Å². The molecule has 1 aromatic carbocycles. The molecule has 1 fully saturated rings. The van der Waals surface area contributed by atoms with Crippen LogP contribution in [0.3, 0.4) is 0 Å². The highest BCUT2D eigenvalue weighted by Crippen LogP contribution is 2.24. The van der Waals surface area contributed by atoms with Crippen molar-refractivity contribution in [2.45, 2.75) is 6.92 Å². The maximum absolute atomic E-state index is 13.3. The van der Waals surface area contributed by atoms with Crippen molar-refractivity contribution in [1.29, 1.82) is 0 Å². The van der Waals surface area contributed by atoms with Crippen LogP contribution in [0.15, 0.2) is 18.2 Å². The van der Waals surface area contributed by atoms with Crippen molar-refractivity contribution in [2.24, 2.45) is 0 Å². The molecule has 1 N–H and O–H groups in total. The quantitative estimate of drug-likeness (QED) is 0.831. The molecule has 1 aromatic heterocycles. The van der Waals surface area contributed by atoms with Gasteiger partial charge in [-0.2, -0.15) is 0 Å². The number of hydrogen-bond donors (Lipinski definition) is 1. The molecule has 98 valence electrons. The number of amides is 1. The van der Waals surface area contributed by atoms with Crippen LogP contribution in [0.4, 0.5) is 10.2 Å². The van der Waals surface area contributed by atoms with Gasteiger partial charge in [0.15, 0.2) is 0 Å². The van der Waals surface area contributed by atoms with Crippen LogP contribution < -0.4 is 10.2 Å². The monoisotopic (exact) mass is 260 g/mol. The average molecular weight is 260 g/mol. The first-order chi connectivity index (χ1) is 9.13. The number of nitrogens with one attached hydrogen (secondary N) is 1. The molecular weight excluding hydrogens is 247 g/mol. The van der Waals surface area contributed by atoms with Crippen LogP contribution in [0.1, 0.15) is 5.82 Å². The summed E-state index contributed by atoms with van der Waals surface area (Å²) in [6.07, 6.45) is 0. The minimum Gasteiger partial charge on any atom is -0.353 e.